The number of aromatic carboxylic acids is 1. The highest BCUT2D eigenvalue weighted by molar-refractivity contribution is 14.1. The molecule has 0 saturated carbocycles. The molecule has 0 fully saturated rings. The van der Waals surface area contributed by atoms with Crippen molar-refractivity contribution in [1.82, 2.24) is 8.96 Å². The number of nitrogens with zero attached hydrogens (tertiary/aromatic N) is 2. The Kier molecular flexibility index (Phi) is 4.19. The van der Waals surface area contributed by atoms with Gasteiger partial charge < -0.3 is 5.11 Å². The van der Waals surface area contributed by atoms with Gasteiger partial charge in [0.15, 0.2) is 11.3 Å². The summed E-state index contributed by atoms with van der Waals surface area (Å²) < 4.78 is 27.6. The molecule has 0 aliphatic carbocycles. The van der Waals surface area contributed by atoms with Gasteiger partial charge >= 0.3 is 5.97 Å². The predicted octanol–water partition coefficient (Wildman–Crippen LogP) is 3.34. The van der Waals surface area contributed by atoms with Crippen molar-refractivity contribution >= 4 is 65.5 Å². The molecule has 0 amide bonds. The molecule has 3 aromatic rings. The van der Waals surface area contributed by atoms with Gasteiger partial charge in [0, 0.05) is 16.1 Å². The van der Waals surface area contributed by atoms with Crippen LogP contribution in [0.3, 0.4) is 0 Å². The summed E-state index contributed by atoms with van der Waals surface area (Å²) in [7, 11) is -4.08. The van der Waals surface area contributed by atoms with E-state index in [2.05, 4.69) is 20.9 Å². The van der Waals surface area contributed by atoms with Crippen LogP contribution in [0.25, 0.3) is 11.0 Å². The number of rotatable bonds is 3. The standard InChI is InChI=1S/C14H8BrIN2O4S/c15-8-6-10-11(16)12(14(19)20)18(13(10)17-7-8)23(21,22)9-4-2-1-3-5-9/h1-7H,(H,19,20). The fraction of sp³-hybridized carbons (Fsp3) is 0. The lowest BCUT2D eigenvalue weighted by molar-refractivity contribution is 0.0688. The second-order valence-electron chi connectivity index (χ2n) is 4.57. The zero-order valence-corrected chi connectivity index (χ0v) is 15.8. The van der Waals surface area contributed by atoms with Crippen LogP contribution in [-0.4, -0.2) is 28.5 Å². The fourth-order valence-corrected chi connectivity index (χ4v) is 5.05. The highest BCUT2D eigenvalue weighted by atomic mass is 127. The van der Waals surface area contributed by atoms with Gasteiger partial charge in [0.1, 0.15) is 0 Å². The lowest BCUT2D eigenvalue weighted by Gasteiger charge is -2.09. The molecular formula is C14H8BrIN2O4S. The molecule has 0 saturated heterocycles. The molecule has 0 aliphatic rings. The maximum Gasteiger partial charge on any atom is 0.354 e. The monoisotopic (exact) mass is 506 g/mol. The van der Waals surface area contributed by atoms with Crippen molar-refractivity contribution in [3.8, 4) is 0 Å². The van der Waals surface area contributed by atoms with E-state index in [-0.39, 0.29) is 16.2 Å². The minimum Gasteiger partial charge on any atom is -0.477 e. The number of hydrogen-bond donors (Lipinski definition) is 1. The van der Waals surface area contributed by atoms with E-state index in [0.717, 1.165) is 3.97 Å². The number of carboxylic acids is 1. The number of fused-ring (bicyclic) bond motifs is 1. The average molecular weight is 507 g/mol. The first-order valence-electron chi connectivity index (χ1n) is 6.23. The van der Waals surface area contributed by atoms with Gasteiger partial charge in [-0.2, -0.15) is 0 Å². The lowest BCUT2D eigenvalue weighted by Crippen LogP contribution is -2.19. The van der Waals surface area contributed by atoms with Crippen LogP contribution in [0.2, 0.25) is 0 Å². The smallest absolute Gasteiger partial charge is 0.354 e. The largest absolute Gasteiger partial charge is 0.477 e. The first kappa shape index (κ1) is 16.4. The third kappa shape index (κ3) is 2.66. The molecule has 23 heavy (non-hydrogen) atoms. The molecule has 1 N–H and O–H groups in total. The van der Waals surface area contributed by atoms with E-state index in [0.29, 0.717) is 13.4 Å². The van der Waals surface area contributed by atoms with E-state index in [1.807, 2.05) is 22.6 Å². The van der Waals surface area contributed by atoms with E-state index in [4.69, 9.17) is 0 Å². The van der Waals surface area contributed by atoms with Crippen LogP contribution in [0.15, 0.2) is 52.0 Å². The number of carboxylic acid groups (broad SMARTS) is 1. The highest BCUT2D eigenvalue weighted by Gasteiger charge is 2.30. The van der Waals surface area contributed by atoms with Crippen molar-refractivity contribution in [3.63, 3.8) is 0 Å². The Hall–Kier alpha value is -1.46. The maximum absolute atomic E-state index is 12.9. The van der Waals surface area contributed by atoms with E-state index in [1.165, 1.54) is 18.3 Å². The summed E-state index contributed by atoms with van der Waals surface area (Å²) in [6.07, 6.45) is 1.43. The maximum atomic E-state index is 12.9. The Labute approximate surface area is 153 Å². The molecule has 0 unspecified atom stereocenters. The number of carbonyl (C=O) groups is 1. The molecule has 0 bridgehead atoms. The molecule has 0 aliphatic heterocycles. The summed E-state index contributed by atoms with van der Waals surface area (Å²) in [5.74, 6) is -1.33. The number of halogens is 2. The Morgan fingerprint density at radius 3 is 2.52 bits per heavy atom. The quantitative estimate of drug-likeness (QED) is 0.550. The van der Waals surface area contributed by atoms with Crippen molar-refractivity contribution in [2.24, 2.45) is 0 Å². The summed E-state index contributed by atoms with van der Waals surface area (Å²) in [4.78, 5) is 15.8. The first-order chi connectivity index (χ1) is 10.8. The second kappa shape index (κ2) is 5.87. The Morgan fingerprint density at radius 1 is 1.26 bits per heavy atom. The predicted molar refractivity (Wildman–Crippen MR) is 96.1 cm³/mol. The normalized spacial score (nSPS) is 11.7. The Balaban J connectivity index is 2.46. The van der Waals surface area contributed by atoms with Crippen molar-refractivity contribution in [2.75, 3.05) is 0 Å². The second-order valence-corrected chi connectivity index (χ2v) is 8.36. The fourth-order valence-electron chi connectivity index (χ4n) is 2.19. The van der Waals surface area contributed by atoms with Gasteiger partial charge in [0.25, 0.3) is 10.0 Å². The van der Waals surface area contributed by atoms with Gasteiger partial charge in [-0.05, 0) is 56.7 Å². The topological polar surface area (TPSA) is 89.3 Å². The van der Waals surface area contributed by atoms with E-state index in [1.54, 1.807) is 24.3 Å². The number of pyridine rings is 1. The molecule has 2 aromatic heterocycles. The van der Waals surface area contributed by atoms with Gasteiger partial charge in [-0.1, -0.05) is 18.2 Å². The minimum atomic E-state index is -4.08. The zero-order chi connectivity index (χ0) is 16.8. The summed E-state index contributed by atoms with van der Waals surface area (Å²) in [5, 5.41) is 9.95. The third-order valence-corrected chi connectivity index (χ3v) is 6.39. The number of aromatic nitrogens is 2. The van der Waals surface area contributed by atoms with Gasteiger partial charge in [0.2, 0.25) is 0 Å². The molecule has 0 spiro atoms. The molecule has 9 heteroatoms. The van der Waals surface area contributed by atoms with E-state index >= 15 is 0 Å². The summed E-state index contributed by atoms with van der Waals surface area (Å²) in [6, 6.07) is 9.32. The molecule has 0 radical (unpaired) electrons. The van der Waals surface area contributed by atoms with E-state index < -0.39 is 16.0 Å². The van der Waals surface area contributed by atoms with Crippen molar-refractivity contribution in [3.05, 3.63) is 56.3 Å². The summed E-state index contributed by atoms with van der Waals surface area (Å²) in [5.41, 5.74) is -0.242. The first-order valence-corrected chi connectivity index (χ1v) is 9.54. The number of hydrogen-bond acceptors (Lipinski definition) is 4. The number of benzene rings is 1. The van der Waals surface area contributed by atoms with Gasteiger partial charge in [-0.3, -0.25) is 0 Å². The van der Waals surface area contributed by atoms with Crippen molar-refractivity contribution in [1.29, 1.82) is 0 Å². The van der Waals surface area contributed by atoms with Gasteiger partial charge in [0.05, 0.1) is 8.47 Å². The lowest BCUT2D eigenvalue weighted by atomic mass is 10.3. The van der Waals surface area contributed by atoms with Crippen LogP contribution < -0.4 is 0 Å². The van der Waals surface area contributed by atoms with Crippen LogP contribution in [0, 0.1) is 3.57 Å². The van der Waals surface area contributed by atoms with Crippen LogP contribution in [-0.2, 0) is 10.0 Å². The summed E-state index contributed by atoms with van der Waals surface area (Å²) >= 11 is 5.08. The highest BCUT2D eigenvalue weighted by Crippen LogP contribution is 2.31. The van der Waals surface area contributed by atoms with Crippen LogP contribution >= 0.6 is 38.5 Å². The molecule has 2 heterocycles. The Morgan fingerprint density at radius 2 is 1.91 bits per heavy atom. The third-order valence-electron chi connectivity index (χ3n) is 3.16. The molecular weight excluding hydrogens is 499 g/mol. The van der Waals surface area contributed by atoms with Crippen LogP contribution in [0.5, 0.6) is 0 Å². The molecule has 6 nitrogen and oxygen atoms in total. The zero-order valence-electron chi connectivity index (χ0n) is 11.3. The molecule has 0 atom stereocenters. The minimum absolute atomic E-state index is 0.000480. The molecule has 1 aromatic carbocycles. The van der Waals surface area contributed by atoms with Crippen LogP contribution in [0.4, 0.5) is 0 Å². The Bertz CT molecular complexity index is 1030. The average Bonchev–Trinajstić information content (AvgIpc) is 2.81. The van der Waals surface area contributed by atoms with Gasteiger partial charge in [-0.15, -0.1) is 0 Å². The van der Waals surface area contributed by atoms with E-state index in [9.17, 15) is 18.3 Å². The van der Waals surface area contributed by atoms with Crippen molar-refractivity contribution in [2.45, 2.75) is 4.90 Å². The van der Waals surface area contributed by atoms with Crippen molar-refractivity contribution < 1.29 is 18.3 Å². The van der Waals surface area contributed by atoms with Gasteiger partial charge in [-0.25, -0.2) is 22.2 Å². The molecule has 3 rings (SSSR count). The van der Waals surface area contributed by atoms with Crippen LogP contribution in [0.1, 0.15) is 10.5 Å². The molecule has 118 valence electrons. The SMILES string of the molecule is O=C(O)c1c(I)c2cc(Br)cnc2n1S(=O)(=O)c1ccccc1. The summed E-state index contributed by atoms with van der Waals surface area (Å²) in [6.45, 7) is 0.